The van der Waals surface area contributed by atoms with Crippen molar-refractivity contribution in [3.63, 3.8) is 0 Å². The molecule has 2 fully saturated rings. The molecule has 2 bridgehead atoms. The normalized spacial score (nSPS) is 27.8. The molecule has 3 rings (SSSR count). The van der Waals surface area contributed by atoms with E-state index in [2.05, 4.69) is 0 Å². The molecule has 1 N–H and O–H groups in total. The van der Waals surface area contributed by atoms with Crippen LogP contribution in [-0.2, 0) is 0 Å². The van der Waals surface area contributed by atoms with Crippen molar-refractivity contribution in [1.82, 2.24) is 0 Å². The van der Waals surface area contributed by atoms with Crippen LogP contribution in [0.25, 0.3) is 0 Å². The van der Waals surface area contributed by atoms with Crippen LogP contribution in [0.2, 0.25) is 5.02 Å². The molecular formula is C16H20ClNO2. The first-order valence-electron chi connectivity index (χ1n) is 7.29. The van der Waals surface area contributed by atoms with Crippen LogP contribution in [0.5, 0.6) is 0 Å². The van der Waals surface area contributed by atoms with Gasteiger partial charge in [0.05, 0.1) is 16.3 Å². The summed E-state index contributed by atoms with van der Waals surface area (Å²) in [6, 6.07) is 5.09. The first-order chi connectivity index (χ1) is 9.56. The van der Waals surface area contributed by atoms with Gasteiger partial charge in [-0.05, 0) is 49.1 Å². The predicted molar refractivity (Wildman–Crippen MR) is 80.6 cm³/mol. The SMILES string of the molecule is CN(CC1CC2CCC1C2)c1c(Cl)cccc1C(=O)O. The Balaban J connectivity index is 1.80. The fourth-order valence-electron chi connectivity index (χ4n) is 4.12. The third-order valence-corrected chi connectivity index (χ3v) is 5.30. The zero-order chi connectivity index (χ0) is 14.3. The molecule has 3 unspecified atom stereocenters. The van der Waals surface area contributed by atoms with Crippen molar-refractivity contribution >= 4 is 23.3 Å². The van der Waals surface area contributed by atoms with Crippen molar-refractivity contribution < 1.29 is 9.90 Å². The Bertz CT molecular complexity index is 531. The number of carbonyl (C=O) groups is 1. The number of benzene rings is 1. The molecule has 3 atom stereocenters. The van der Waals surface area contributed by atoms with Gasteiger partial charge in [-0.3, -0.25) is 0 Å². The highest BCUT2D eigenvalue weighted by Gasteiger charge is 2.40. The smallest absolute Gasteiger partial charge is 0.337 e. The highest BCUT2D eigenvalue weighted by molar-refractivity contribution is 6.34. The molecule has 4 heteroatoms. The summed E-state index contributed by atoms with van der Waals surface area (Å²) < 4.78 is 0. The predicted octanol–water partition coefficient (Wildman–Crippen LogP) is 3.91. The lowest BCUT2D eigenvalue weighted by atomic mass is 9.88. The van der Waals surface area contributed by atoms with E-state index in [1.807, 2.05) is 11.9 Å². The first-order valence-corrected chi connectivity index (χ1v) is 7.67. The van der Waals surface area contributed by atoms with E-state index >= 15 is 0 Å². The minimum atomic E-state index is -0.915. The van der Waals surface area contributed by atoms with Crippen LogP contribution >= 0.6 is 11.6 Å². The van der Waals surface area contributed by atoms with E-state index in [4.69, 9.17) is 11.6 Å². The van der Waals surface area contributed by atoms with Gasteiger partial charge in [0, 0.05) is 13.6 Å². The zero-order valence-corrected chi connectivity index (χ0v) is 12.4. The van der Waals surface area contributed by atoms with Gasteiger partial charge in [-0.15, -0.1) is 0 Å². The Morgan fingerprint density at radius 2 is 2.20 bits per heavy atom. The minimum Gasteiger partial charge on any atom is -0.478 e. The number of fused-ring (bicyclic) bond motifs is 2. The van der Waals surface area contributed by atoms with Crippen molar-refractivity contribution in [2.24, 2.45) is 17.8 Å². The second-order valence-corrected chi connectivity index (χ2v) is 6.66. The maximum atomic E-state index is 11.4. The zero-order valence-electron chi connectivity index (χ0n) is 11.7. The van der Waals surface area contributed by atoms with E-state index in [0.717, 1.165) is 18.4 Å². The van der Waals surface area contributed by atoms with Crippen LogP contribution in [0.3, 0.4) is 0 Å². The highest BCUT2D eigenvalue weighted by Crippen LogP contribution is 2.48. The van der Waals surface area contributed by atoms with E-state index in [0.29, 0.717) is 22.2 Å². The lowest BCUT2D eigenvalue weighted by Crippen LogP contribution is -2.30. The van der Waals surface area contributed by atoms with E-state index < -0.39 is 5.97 Å². The summed E-state index contributed by atoms with van der Waals surface area (Å²) in [5.41, 5.74) is 0.951. The summed E-state index contributed by atoms with van der Waals surface area (Å²) >= 11 is 6.23. The van der Waals surface area contributed by atoms with Gasteiger partial charge in [0.1, 0.15) is 0 Å². The van der Waals surface area contributed by atoms with Crippen LogP contribution in [0, 0.1) is 17.8 Å². The van der Waals surface area contributed by atoms with Crippen molar-refractivity contribution in [3.05, 3.63) is 28.8 Å². The summed E-state index contributed by atoms with van der Waals surface area (Å²) in [6.07, 6.45) is 5.39. The topological polar surface area (TPSA) is 40.5 Å². The number of nitrogens with zero attached hydrogens (tertiary/aromatic N) is 1. The summed E-state index contributed by atoms with van der Waals surface area (Å²) in [5.74, 6) is 1.51. The quantitative estimate of drug-likeness (QED) is 0.915. The Hall–Kier alpha value is -1.22. The van der Waals surface area contributed by atoms with Crippen molar-refractivity contribution in [2.75, 3.05) is 18.5 Å². The Morgan fingerprint density at radius 1 is 1.40 bits per heavy atom. The van der Waals surface area contributed by atoms with Gasteiger partial charge in [-0.1, -0.05) is 24.1 Å². The molecule has 2 aliphatic carbocycles. The average Bonchev–Trinajstić information content (AvgIpc) is 3.00. The molecule has 2 saturated carbocycles. The fourth-order valence-corrected chi connectivity index (χ4v) is 4.44. The lowest BCUT2D eigenvalue weighted by Gasteiger charge is -2.29. The molecule has 1 aromatic rings. The van der Waals surface area contributed by atoms with Gasteiger partial charge in [-0.25, -0.2) is 4.79 Å². The highest BCUT2D eigenvalue weighted by atomic mass is 35.5. The third kappa shape index (κ3) is 2.39. The van der Waals surface area contributed by atoms with Gasteiger partial charge in [-0.2, -0.15) is 0 Å². The lowest BCUT2D eigenvalue weighted by molar-refractivity contribution is 0.0697. The largest absolute Gasteiger partial charge is 0.478 e. The minimum absolute atomic E-state index is 0.295. The number of carboxylic acid groups (broad SMARTS) is 1. The maximum absolute atomic E-state index is 11.4. The molecule has 0 aromatic heterocycles. The van der Waals surface area contributed by atoms with Crippen molar-refractivity contribution in [1.29, 1.82) is 0 Å². The molecule has 0 spiro atoms. The van der Waals surface area contributed by atoms with Gasteiger partial charge >= 0.3 is 5.97 Å². The van der Waals surface area contributed by atoms with Crippen LogP contribution in [0.4, 0.5) is 5.69 Å². The molecule has 0 radical (unpaired) electrons. The number of rotatable bonds is 4. The van der Waals surface area contributed by atoms with E-state index in [9.17, 15) is 9.90 Å². The third-order valence-electron chi connectivity index (χ3n) is 4.99. The van der Waals surface area contributed by atoms with Crippen LogP contribution in [-0.4, -0.2) is 24.7 Å². The molecule has 3 nitrogen and oxygen atoms in total. The van der Waals surface area contributed by atoms with Crippen LogP contribution < -0.4 is 4.90 Å². The molecule has 0 saturated heterocycles. The number of carboxylic acids is 1. The van der Waals surface area contributed by atoms with Crippen molar-refractivity contribution in [2.45, 2.75) is 25.7 Å². The monoisotopic (exact) mass is 293 g/mol. The standard InChI is InChI=1S/C16H20ClNO2/c1-18(9-12-8-10-5-6-11(12)7-10)15-13(16(19)20)3-2-4-14(15)17/h2-4,10-12H,5-9H2,1H3,(H,19,20). The number of para-hydroxylation sites is 1. The Kier molecular flexibility index (Phi) is 3.63. The number of aromatic carboxylic acids is 1. The summed E-state index contributed by atoms with van der Waals surface area (Å²) in [7, 11) is 1.96. The van der Waals surface area contributed by atoms with E-state index in [1.165, 1.54) is 25.7 Å². The second-order valence-electron chi connectivity index (χ2n) is 6.26. The maximum Gasteiger partial charge on any atom is 0.337 e. The fraction of sp³-hybridized carbons (Fsp3) is 0.562. The molecule has 0 aliphatic heterocycles. The Morgan fingerprint density at radius 3 is 2.80 bits per heavy atom. The first kappa shape index (κ1) is 13.7. The van der Waals surface area contributed by atoms with Gasteiger partial charge in [0.15, 0.2) is 0 Å². The van der Waals surface area contributed by atoms with Gasteiger partial charge in [0.25, 0.3) is 0 Å². The average molecular weight is 294 g/mol. The summed E-state index contributed by atoms with van der Waals surface area (Å²) in [6.45, 7) is 0.908. The van der Waals surface area contributed by atoms with E-state index in [-0.39, 0.29) is 0 Å². The van der Waals surface area contributed by atoms with Crippen LogP contribution in [0.15, 0.2) is 18.2 Å². The summed E-state index contributed by atoms with van der Waals surface area (Å²) in [4.78, 5) is 13.4. The molecular weight excluding hydrogens is 274 g/mol. The molecule has 108 valence electrons. The molecule has 0 amide bonds. The molecule has 2 aliphatic rings. The number of hydrogen-bond acceptors (Lipinski definition) is 2. The molecule has 1 aromatic carbocycles. The molecule has 0 heterocycles. The number of anilines is 1. The number of hydrogen-bond donors (Lipinski definition) is 1. The van der Waals surface area contributed by atoms with E-state index in [1.54, 1.807) is 18.2 Å². The van der Waals surface area contributed by atoms with Gasteiger partial charge < -0.3 is 10.0 Å². The second kappa shape index (κ2) is 5.28. The summed E-state index contributed by atoms with van der Waals surface area (Å²) in [5, 5.41) is 9.84. The van der Waals surface area contributed by atoms with Crippen LogP contribution in [0.1, 0.15) is 36.0 Å². The van der Waals surface area contributed by atoms with Crippen molar-refractivity contribution in [3.8, 4) is 0 Å². The Labute approximate surface area is 124 Å². The number of halogens is 1. The molecule has 20 heavy (non-hydrogen) atoms. The van der Waals surface area contributed by atoms with Gasteiger partial charge in [0.2, 0.25) is 0 Å².